The molecule has 0 amide bonds. The Bertz CT molecular complexity index is 408. The van der Waals surface area contributed by atoms with E-state index >= 15 is 0 Å². The number of rotatable bonds is 3. The molecule has 0 aromatic carbocycles. The third-order valence-corrected chi connectivity index (χ3v) is 4.81. The van der Waals surface area contributed by atoms with Gasteiger partial charge in [0.1, 0.15) is 10.7 Å². The predicted molar refractivity (Wildman–Crippen MR) is 72.2 cm³/mol. The van der Waals surface area contributed by atoms with E-state index in [1.54, 1.807) is 0 Å². The number of nitrogen functional groups attached to an aromatic ring is 1. The van der Waals surface area contributed by atoms with Gasteiger partial charge >= 0.3 is 0 Å². The molecule has 18 heavy (non-hydrogen) atoms. The minimum atomic E-state index is 0.576. The maximum absolute atomic E-state index is 5.47. The first kappa shape index (κ1) is 12.3. The first-order chi connectivity index (χ1) is 8.78. The van der Waals surface area contributed by atoms with Crippen LogP contribution in [0.2, 0.25) is 0 Å². The molecule has 6 nitrogen and oxygen atoms in total. The number of nitrogens with one attached hydrogen (secondary N) is 1. The quantitative estimate of drug-likeness (QED) is 0.614. The summed E-state index contributed by atoms with van der Waals surface area (Å²) in [5, 5.41) is 5.06. The summed E-state index contributed by atoms with van der Waals surface area (Å²) < 4.78 is 3.96. The van der Waals surface area contributed by atoms with Gasteiger partial charge < -0.3 is 5.43 Å². The minimum Gasteiger partial charge on any atom is -0.313 e. The van der Waals surface area contributed by atoms with E-state index in [1.807, 2.05) is 0 Å². The van der Waals surface area contributed by atoms with Gasteiger partial charge in [-0.25, -0.2) is 5.84 Å². The van der Waals surface area contributed by atoms with Crippen molar-refractivity contribution in [2.45, 2.75) is 38.4 Å². The van der Waals surface area contributed by atoms with Crippen molar-refractivity contribution >= 4 is 16.5 Å². The molecule has 1 aromatic heterocycles. The smallest absolute Gasteiger partial charge is 0.148 e. The normalized spacial score (nSPS) is 29.4. The third-order valence-electron chi connectivity index (χ3n) is 4.11. The first-order valence-corrected chi connectivity index (χ1v) is 7.31. The molecule has 3 N–H and O–H groups in total. The zero-order chi connectivity index (χ0) is 12.5. The number of piperazine rings is 1. The van der Waals surface area contributed by atoms with Crippen LogP contribution >= 0.6 is 11.5 Å². The van der Waals surface area contributed by atoms with Crippen molar-refractivity contribution in [1.82, 2.24) is 19.4 Å². The lowest BCUT2D eigenvalue weighted by Crippen LogP contribution is -2.54. The number of hydrazine groups is 1. The van der Waals surface area contributed by atoms with Crippen molar-refractivity contribution in [3.8, 4) is 0 Å². The SMILES string of the molecule is CC1CN2CCCC2CN1Cc1nnsc1NN. The van der Waals surface area contributed by atoms with Crippen molar-refractivity contribution in [2.75, 3.05) is 25.1 Å². The number of nitrogens with zero attached hydrogens (tertiary/aromatic N) is 4. The number of aromatic nitrogens is 2. The number of fused-ring (bicyclic) bond motifs is 1. The van der Waals surface area contributed by atoms with Gasteiger partial charge in [0.05, 0.1) is 0 Å². The maximum atomic E-state index is 5.47. The fourth-order valence-electron chi connectivity index (χ4n) is 3.08. The van der Waals surface area contributed by atoms with Gasteiger partial charge in [-0.1, -0.05) is 4.49 Å². The Morgan fingerprint density at radius 2 is 2.39 bits per heavy atom. The molecule has 0 spiro atoms. The highest BCUT2D eigenvalue weighted by atomic mass is 32.1. The number of hydrogen-bond acceptors (Lipinski definition) is 7. The zero-order valence-electron chi connectivity index (χ0n) is 10.7. The van der Waals surface area contributed by atoms with E-state index in [0.29, 0.717) is 6.04 Å². The van der Waals surface area contributed by atoms with Gasteiger partial charge in [-0.3, -0.25) is 9.80 Å². The van der Waals surface area contributed by atoms with E-state index in [2.05, 4.69) is 31.7 Å². The van der Waals surface area contributed by atoms with Crippen molar-refractivity contribution < 1.29 is 0 Å². The van der Waals surface area contributed by atoms with E-state index in [0.717, 1.165) is 29.8 Å². The van der Waals surface area contributed by atoms with E-state index in [-0.39, 0.29) is 0 Å². The molecule has 2 atom stereocenters. The summed E-state index contributed by atoms with van der Waals surface area (Å²) in [7, 11) is 0. The maximum Gasteiger partial charge on any atom is 0.148 e. The van der Waals surface area contributed by atoms with Gasteiger partial charge in [0.2, 0.25) is 0 Å². The molecule has 0 radical (unpaired) electrons. The van der Waals surface area contributed by atoms with E-state index in [4.69, 9.17) is 5.84 Å². The van der Waals surface area contributed by atoms with Crippen LogP contribution in [0.4, 0.5) is 5.00 Å². The summed E-state index contributed by atoms with van der Waals surface area (Å²) >= 11 is 1.32. The lowest BCUT2D eigenvalue weighted by Gasteiger charge is -2.42. The van der Waals surface area contributed by atoms with Crippen molar-refractivity contribution in [3.05, 3.63) is 5.69 Å². The summed E-state index contributed by atoms with van der Waals surface area (Å²) in [6.45, 7) is 6.73. The Morgan fingerprint density at radius 3 is 3.22 bits per heavy atom. The summed E-state index contributed by atoms with van der Waals surface area (Å²) in [6.07, 6.45) is 2.68. The Hall–Kier alpha value is -0.760. The first-order valence-electron chi connectivity index (χ1n) is 6.54. The second kappa shape index (κ2) is 5.08. The van der Waals surface area contributed by atoms with Gasteiger partial charge in [0, 0.05) is 43.3 Å². The van der Waals surface area contributed by atoms with Crippen molar-refractivity contribution in [1.29, 1.82) is 0 Å². The molecule has 2 fully saturated rings. The highest BCUT2D eigenvalue weighted by Crippen LogP contribution is 2.27. The number of nitrogens with two attached hydrogens (primary N) is 1. The van der Waals surface area contributed by atoms with Crippen LogP contribution in [-0.2, 0) is 6.54 Å². The van der Waals surface area contributed by atoms with E-state index in [9.17, 15) is 0 Å². The topological polar surface area (TPSA) is 70.3 Å². The lowest BCUT2D eigenvalue weighted by molar-refractivity contribution is 0.0533. The molecule has 7 heteroatoms. The average molecular weight is 268 g/mol. The van der Waals surface area contributed by atoms with Crippen LogP contribution in [0.3, 0.4) is 0 Å². The Kier molecular flexibility index (Phi) is 3.47. The van der Waals surface area contributed by atoms with Crippen LogP contribution in [0.1, 0.15) is 25.5 Å². The average Bonchev–Trinajstić information content (AvgIpc) is 2.98. The molecule has 2 unspecified atom stereocenters. The molecule has 1 aromatic rings. The van der Waals surface area contributed by atoms with Crippen molar-refractivity contribution in [3.63, 3.8) is 0 Å². The molecule has 2 aliphatic rings. The molecule has 100 valence electrons. The molecule has 2 saturated heterocycles. The number of hydrogen-bond donors (Lipinski definition) is 2. The summed E-state index contributed by atoms with van der Waals surface area (Å²) in [5.41, 5.74) is 3.66. The Morgan fingerprint density at radius 1 is 1.50 bits per heavy atom. The van der Waals surface area contributed by atoms with Gasteiger partial charge in [0.25, 0.3) is 0 Å². The molecular formula is C11H20N6S. The van der Waals surface area contributed by atoms with Crippen LogP contribution < -0.4 is 11.3 Å². The predicted octanol–water partition coefficient (Wildman–Crippen LogP) is 0.492. The number of anilines is 1. The molecular weight excluding hydrogens is 248 g/mol. The van der Waals surface area contributed by atoms with Crippen molar-refractivity contribution in [2.24, 2.45) is 5.84 Å². The molecule has 3 heterocycles. The van der Waals surface area contributed by atoms with Crippen LogP contribution in [0.15, 0.2) is 0 Å². The second-order valence-electron chi connectivity index (χ2n) is 5.26. The third kappa shape index (κ3) is 2.23. The monoisotopic (exact) mass is 268 g/mol. The standard InChI is InChI=1S/C11H20N6S/c1-8-5-16-4-2-3-9(16)6-17(8)7-10-11(13-12)18-15-14-10/h8-9,13H,2-7,12H2,1H3. The van der Waals surface area contributed by atoms with Gasteiger partial charge in [0.15, 0.2) is 0 Å². The Labute approximate surface area is 111 Å². The molecule has 0 aliphatic carbocycles. The molecule has 3 rings (SSSR count). The highest BCUT2D eigenvalue weighted by molar-refractivity contribution is 7.10. The summed E-state index contributed by atoms with van der Waals surface area (Å²) in [4.78, 5) is 5.13. The Balaban J connectivity index is 1.68. The van der Waals surface area contributed by atoms with Crippen LogP contribution in [0, 0.1) is 0 Å². The van der Waals surface area contributed by atoms with Gasteiger partial charge in [-0.2, -0.15) is 0 Å². The molecule has 0 saturated carbocycles. The van der Waals surface area contributed by atoms with E-state index in [1.165, 1.54) is 37.5 Å². The van der Waals surface area contributed by atoms with Gasteiger partial charge in [-0.05, 0) is 26.3 Å². The minimum absolute atomic E-state index is 0.576. The van der Waals surface area contributed by atoms with E-state index < -0.39 is 0 Å². The fourth-order valence-corrected chi connectivity index (χ4v) is 3.57. The zero-order valence-corrected chi connectivity index (χ0v) is 11.5. The second-order valence-corrected chi connectivity index (χ2v) is 6.02. The highest BCUT2D eigenvalue weighted by Gasteiger charge is 2.34. The fraction of sp³-hybridized carbons (Fsp3) is 0.818. The van der Waals surface area contributed by atoms with Crippen LogP contribution in [-0.4, -0.2) is 51.1 Å². The summed E-state index contributed by atoms with van der Waals surface area (Å²) in [6, 6.07) is 1.31. The van der Waals surface area contributed by atoms with Crippen LogP contribution in [0.25, 0.3) is 0 Å². The van der Waals surface area contributed by atoms with Crippen LogP contribution in [0.5, 0.6) is 0 Å². The molecule has 0 bridgehead atoms. The lowest BCUT2D eigenvalue weighted by atomic mass is 10.1. The van der Waals surface area contributed by atoms with Gasteiger partial charge in [-0.15, -0.1) is 5.10 Å². The summed E-state index contributed by atoms with van der Waals surface area (Å²) in [5.74, 6) is 5.47. The largest absolute Gasteiger partial charge is 0.313 e. The molecule has 2 aliphatic heterocycles.